The maximum atomic E-state index is 12.2. The number of rotatable bonds is 10. The molecule has 0 aromatic heterocycles. The van der Waals surface area contributed by atoms with E-state index in [1.807, 2.05) is 20.8 Å². The molecule has 4 heteroatoms. The Morgan fingerprint density at radius 3 is 1.92 bits per heavy atom. The molecule has 1 aromatic rings. The van der Waals surface area contributed by atoms with Crippen LogP contribution >= 0.6 is 0 Å². The first-order valence-corrected chi connectivity index (χ1v) is 8.92. The predicted molar refractivity (Wildman–Crippen MR) is 94.7 cm³/mol. The lowest BCUT2D eigenvalue weighted by Gasteiger charge is -2.15. The zero-order valence-electron chi connectivity index (χ0n) is 15.3. The van der Waals surface area contributed by atoms with E-state index in [0.29, 0.717) is 6.42 Å². The molecule has 0 saturated carbocycles. The van der Waals surface area contributed by atoms with Crippen molar-refractivity contribution in [2.75, 3.05) is 13.2 Å². The fourth-order valence-electron chi connectivity index (χ4n) is 2.30. The Morgan fingerprint density at radius 2 is 1.42 bits per heavy atom. The van der Waals surface area contributed by atoms with Gasteiger partial charge < -0.3 is 9.47 Å². The highest BCUT2D eigenvalue weighted by Gasteiger charge is 2.19. The highest BCUT2D eigenvalue weighted by molar-refractivity contribution is 5.73. The van der Waals surface area contributed by atoms with Crippen LogP contribution in [0.3, 0.4) is 0 Å². The van der Waals surface area contributed by atoms with Gasteiger partial charge in [-0.3, -0.25) is 9.59 Å². The fourth-order valence-corrected chi connectivity index (χ4v) is 2.30. The summed E-state index contributed by atoms with van der Waals surface area (Å²) in [6.45, 7) is 8.10. The Bertz CT molecular complexity index is 507. The molecule has 0 saturated heterocycles. The minimum absolute atomic E-state index is 0.116. The van der Waals surface area contributed by atoms with Gasteiger partial charge in [-0.25, -0.2) is 0 Å². The summed E-state index contributed by atoms with van der Waals surface area (Å²) in [5.41, 5.74) is 2.43. The van der Waals surface area contributed by atoms with E-state index in [2.05, 4.69) is 31.2 Å². The molecule has 0 N–H and O–H groups in total. The number of esters is 2. The van der Waals surface area contributed by atoms with Crippen molar-refractivity contribution < 1.29 is 19.1 Å². The third-order valence-corrected chi connectivity index (χ3v) is 4.33. The monoisotopic (exact) mass is 334 g/mol. The predicted octanol–water partition coefficient (Wildman–Crippen LogP) is 3.95. The van der Waals surface area contributed by atoms with Gasteiger partial charge in [-0.05, 0) is 36.8 Å². The average Bonchev–Trinajstić information content (AvgIpc) is 2.62. The van der Waals surface area contributed by atoms with Crippen LogP contribution in [0.2, 0.25) is 0 Å². The fraction of sp³-hybridized carbons (Fsp3) is 0.600. The number of carbonyl (C=O) groups is 2. The van der Waals surface area contributed by atoms with Crippen molar-refractivity contribution in [1.29, 1.82) is 0 Å². The summed E-state index contributed by atoms with van der Waals surface area (Å²) in [7, 11) is 0. The van der Waals surface area contributed by atoms with Crippen LogP contribution in [0.5, 0.6) is 0 Å². The molecule has 134 valence electrons. The van der Waals surface area contributed by atoms with Crippen LogP contribution in [0.25, 0.3) is 0 Å². The maximum absolute atomic E-state index is 12.2. The number of hydrogen-bond acceptors (Lipinski definition) is 4. The van der Waals surface area contributed by atoms with Gasteiger partial charge in [0.15, 0.2) is 0 Å². The van der Waals surface area contributed by atoms with Crippen molar-refractivity contribution in [3.8, 4) is 0 Å². The molecule has 0 heterocycles. The van der Waals surface area contributed by atoms with Crippen LogP contribution in [0.1, 0.15) is 51.7 Å². The number of carbonyl (C=O) groups excluding carboxylic acids is 2. The third-order valence-electron chi connectivity index (χ3n) is 4.33. The topological polar surface area (TPSA) is 52.6 Å². The van der Waals surface area contributed by atoms with Gasteiger partial charge in [0.25, 0.3) is 0 Å². The smallest absolute Gasteiger partial charge is 0.309 e. The van der Waals surface area contributed by atoms with Crippen LogP contribution in [-0.2, 0) is 31.9 Å². The molecule has 24 heavy (non-hydrogen) atoms. The largest absolute Gasteiger partial charge is 0.462 e. The normalized spacial score (nSPS) is 13.2. The van der Waals surface area contributed by atoms with Gasteiger partial charge in [-0.15, -0.1) is 0 Å². The second-order valence-corrected chi connectivity index (χ2v) is 6.12. The third kappa shape index (κ3) is 6.73. The van der Waals surface area contributed by atoms with Gasteiger partial charge in [-0.2, -0.15) is 0 Å². The molecule has 0 aliphatic carbocycles. The number of aryl methyl sites for hydroxylation is 1. The molecule has 0 radical (unpaired) electrons. The summed E-state index contributed by atoms with van der Waals surface area (Å²) in [5.74, 6) is -0.744. The summed E-state index contributed by atoms with van der Waals surface area (Å²) in [6, 6.07) is 8.34. The number of ether oxygens (including phenoxy) is 2. The van der Waals surface area contributed by atoms with Crippen molar-refractivity contribution in [3.63, 3.8) is 0 Å². The summed E-state index contributed by atoms with van der Waals surface area (Å²) >= 11 is 0. The number of benzene rings is 1. The highest BCUT2D eigenvalue weighted by atomic mass is 16.6. The van der Waals surface area contributed by atoms with E-state index in [1.165, 1.54) is 5.56 Å². The minimum atomic E-state index is -0.239. The van der Waals surface area contributed by atoms with Crippen molar-refractivity contribution in [3.05, 3.63) is 35.4 Å². The van der Waals surface area contributed by atoms with Crippen molar-refractivity contribution in [1.82, 2.24) is 0 Å². The van der Waals surface area contributed by atoms with Gasteiger partial charge >= 0.3 is 11.9 Å². The Morgan fingerprint density at radius 1 is 0.875 bits per heavy atom. The molecule has 4 nitrogen and oxygen atoms in total. The van der Waals surface area contributed by atoms with E-state index in [9.17, 15) is 9.59 Å². The summed E-state index contributed by atoms with van der Waals surface area (Å²) in [6.07, 6.45) is 3.15. The quantitative estimate of drug-likeness (QED) is 0.480. The first-order valence-electron chi connectivity index (χ1n) is 8.92. The molecule has 0 amide bonds. The van der Waals surface area contributed by atoms with E-state index < -0.39 is 0 Å². The molecule has 0 aliphatic rings. The standard InChI is InChI=1S/C20H30O4/c1-5-15(4)19(21)23-12-13-24-20(22)18(7-3)14-17-10-8-16(6-2)9-11-17/h8-11,15,18H,5-7,12-14H2,1-4H3. The van der Waals surface area contributed by atoms with Crippen LogP contribution in [0, 0.1) is 11.8 Å². The zero-order valence-corrected chi connectivity index (χ0v) is 15.3. The van der Waals surface area contributed by atoms with E-state index in [1.54, 1.807) is 0 Å². The average molecular weight is 334 g/mol. The van der Waals surface area contributed by atoms with Crippen LogP contribution < -0.4 is 0 Å². The van der Waals surface area contributed by atoms with Gasteiger partial charge in [0.1, 0.15) is 13.2 Å². The molecule has 0 bridgehead atoms. The summed E-state index contributed by atoms with van der Waals surface area (Å²) < 4.78 is 10.3. The van der Waals surface area contributed by atoms with Crippen molar-refractivity contribution >= 4 is 11.9 Å². The summed E-state index contributed by atoms with van der Waals surface area (Å²) in [5, 5.41) is 0. The molecule has 2 unspecified atom stereocenters. The van der Waals surface area contributed by atoms with Gasteiger partial charge in [0.05, 0.1) is 11.8 Å². The van der Waals surface area contributed by atoms with Crippen molar-refractivity contribution in [2.24, 2.45) is 11.8 Å². The first kappa shape index (κ1) is 20.2. The van der Waals surface area contributed by atoms with E-state index in [4.69, 9.17) is 9.47 Å². The van der Waals surface area contributed by atoms with E-state index in [0.717, 1.165) is 24.8 Å². The lowest BCUT2D eigenvalue weighted by molar-refractivity contribution is -0.157. The second-order valence-electron chi connectivity index (χ2n) is 6.12. The molecular weight excluding hydrogens is 304 g/mol. The SMILES string of the molecule is CCc1ccc(CC(CC)C(=O)OCCOC(=O)C(C)CC)cc1. The minimum Gasteiger partial charge on any atom is -0.462 e. The Labute approximate surface area is 145 Å². The zero-order chi connectivity index (χ0) is 17.9. The molecular formula is C20H30O4. The molecule has 0 aliphatic heterocycles. The summed E-state index contributed by atoms with van der Waals surface area (Å²) in [4.78, 5) is 23.7. The Balaban J connectivity index is 2.39. The van der Waals surface area contributed by atoms with E-state index >= 15 is 0 Å². The number of hydrogen-bond donors (Lipinski definition) is 0. The molecule has 1 rings (SSSR count). The Kier molecular flexibility index (Phi) is 9.13. The van der Waals surface area contributed by atoms with Crippen LogP contribution in [-0.4, -0.2) is 25.2 Å². The molecule has 0 fully saturated rings. The maximum Gasteiger partial charge on any atom is 0.309 e. The van der Waals surface area contributed by atoms with Crippen molar-refractivity contribution in [2.45, 2.75) is 53.4 Å². The van der Waals surface area contributed by atoms with Gasteiger partial charge in [0, 0.05) is 0 Å². The Hall–Kier alpha value is -1.84. The lowest BCUT2D eigenvalue weighted by Crippen LogP contribution is -2.23. The first-order chi connectivity index (χ1) is 11.5. The molecule has 2 atom stereocenters. The van der Waals surface area contributed by atoms with Gasteiger partial charge in [-0.1, -0.05) is 52.0 Å². The van der Waals surface area contributed by atoms with E-state index in [-0.39, 0.29) is 37.0 Å². The lowest BCUT2D eigenvalue weighted by atomic mass is 9.96. The van der Waals surface area contributed by atoms with Crippen LogP contribution in [0.15, 0.2) is 24.3 Å². The highest BCUT2D eigenvalue weighted by Crippen LogP contribution is 2.15. The van der Waals surface area contributed by atoms with Crippen LogP contribution in [0.4, 0.5) is 0 Å². The second kappa shape index (κ2) is 10.8. The van der Waals surface area contributed by atoms with Gasteiger partial charge in [0.2, 0.25) is 0 Å². The molecule has 1 aromatic carbocycles. The molecule has 0 spiro atoms.